The number of nitrogens with one attached hydrogen (secondary N) is 2. The molecule has 0 saturated carbocycles. The van der Waals surface area contributed by atoms with Crippen LogP contribution in [0.3, 0.4) is 0 Å². The normalized spacial score (nSPS) is 11.8. The fourth-order valence-corrected chi connectivity index (χ4v) is 3.56. The first-order chi connectivity index (χ1) is 14.9. The number of furan rings is 1. The molecule has 8 nitrogen and oxygen atoms in total. The minimum atomic E-state index is -0.386. The summed E-state index contributed by atoms with van der Waals surface area (Å²) in [4.78, 5) is 28.8. The molecule has 0 aliphatic rings. The number of anilines is 1. The Hall–Kier alpha value is -3.33. The second-order valence-electron chi connectivity index (χ2n) is 7.12. The van der Waals surface area contributed by atoms with E-state index in [1.54, 1.807) is 24.6 Å². The highest BCUT2D eigenvalue weighted by atomic mass is 32.1. The topological polar surface area (TPSA) is 103 Å². The maximum Gasteiger partial charge on any atom is 0.293 e. The minimum absolute atomic E-state index is 0.0312. The summed E-state index contributed by atoms with van der Waals surface area (Å²) in [5, 5.41) is 7.75. The van der Waals surface area contributed by atoms with Crippen molar-refractivity contribution in [1.29, 1.82) is 0 Å². The second-order valence-corrected chi connectivity index (χ2v) is 7.98. The Kier molecular flexibility index (Phi) is 7.30. The fourth-order valence-electron chi connectivity index (χ4n) is 2.86. The number of rotatable bonds is 9. The molecule has 1 atom stereocenters. The number of aromatic nitrogens is 1. The number of nitrogens with zero attached hydrogens (tertiary/aromatic N) is 1. The number of carbonyl (C=O) groups is 2. The van der Waals surface area contributed by atoms with Gasteiger partial charge in [-0.05, 0) is 50.6 Å². The summed E-state index contributed by atoms with van der Waals surface area (Å²) >= 11 is 1.25. The summed E-state index contributed by atoms with van der Waals surface area (Å²) in [5.41, 5.74) is 1.47. The van der Waals surface area contributed by atoms with E-state index in [9.17, 15) is 9.59 Å². The summed E-state index contributed by atoms with van der Waals surface area (Å²) in [6.07, 6.45) is 1.56. The van der Waals surface area contributed by atoms with Crippen molar-refractivity contribution in [1.82, 2.24) is 10.3 Å². The van der Waals surface area contributed by atoms with Crippen molar-refractivity contribution in [2.24, 2.45) is 0 Å². The lowest BCUT2D eigenvalue weighted by Crippen LogP contribution is -2.28. The fraction of sp³-hybridized carbons (Fsp3) is 0.318. The first-order valence-corrected chi connectivity index (χ1v) is 10.7. The number of hydrogen-bond acceptors (Lipinski definition) is 7. The third-order valence-corrected chi connectivity index (χ3v) is 5.09. The third-order valence-electron chi connectivity index (χ3n) is 4.29. The summed E-state index contributed by atoms with van der Waals surface area (Å²) in [7, 11) is 1.58. The van der Waals surface area contributed by atoms with Crippen LogP contribution in [0, 0.1) is 0 Å². The molecule has 0 bridgehead atoms. The van der Waals surface area contributed by atoms with Crippen molar-refractivity contribution in [3.8, 4) is 11.5 Å². The molecule has 9 heteroatoms. The Labute approximate surface area is 184 Å². The van der Waals surface area contributed by atoms with Gasteiger partial charge in [0.15, 0.2) is 22.4 Å². The molecule has 0 fully saturated rings. The molecule has 1 unspecified atom stereocenters. The van der Waals surface area contributed by atoms with Gasteiger partial charge >= 0.3 is 0 Å². The Morgan fingerprint density at radius 1 is 1.19 bits per heavy atom. The van der Waals surface area contributed by atoms with E-state index < -0.39 is 0 Å². The number of ether oxygens (including phenoxy) is 2. The van der Waals surface area contributed by atoms with Crippen LogP contribution in [0.15, 0.2) is 46.4 Å². The molecule has 1 aromatic carbocycles. The number of benzene rings is 1. The van der Waals surface area contributed by atoms with Crippen molar-refractivity contribution < 1.29 is 23.5 Å². The smallest absolute Gasteiger partial charge is 0.293 e. The lowest BCUT2D eigenvalue weighted by atomic mass is 10.1. The van der Waals surface area contributed by atoms with Crippen molar-refractivity contribution in [3.63, 3.8) is 0 Å². The van der Waals surface area contributed by atoms with Gasteiger partial charge in [0.2, 0.25) is 5.91 Å². The van der Waals surface area contributed by atoms with Crippen molar-refractivity contribution in [2.45, 2.75) is 39.3 Å². The van der Waals surface area contributed by atoms with Gasteiger partial charge in [-0.3, -0.25) is 14.9 Å². The van der Waals surface area contributed by atoms with E-state index in [0.29, 0.717) is 22.3 Å². The standard InChI is InChI=1S/C22H25N3O5S/c1-13(2)30-17-8-7-15(10-19(17)28-4)14(3)23-20(26)11-16-12-31-22(24-16)25-21(27)18-6-5-9-29-18/h5-10,12-14H,11H2,1-4H3,(H,23,26)(H,24,25,27). The predicted molar refractivity (Wildman–Crippen MR) is 118 cm³/mol. The van der Waals surface area contributed by atoms with E-state index in [0.717, 1.165) is 5.56 Å². The van der Waals surface area contributed by atoms with Crippen LogP contribution in [0.5, 0.6) is 11.5 Å². The molecule has 0 radical (unpaired) electrons. The predicted octanol–water partition coefficient (Wildman–Crippen LogP) is 4.20. The van der Waals surface area contributed by atoms with E-state index in [2.05, 4.69) is 15.6 Å². The van der Waals surface area contributed by atoms with E-state index in [1.807, 2.05) is 39.0 Å². The Morgan fingerprint density at radius 2 is 2.00 bits per heavy atom. The van der Waals surface area contributed by atoms with Gasteiger partial charge in [-0.1, -0.05) is 6.07 Å². The van der Waals surface area contributed by atoms with Gasteiger partial charge in [0, 0.05) is 5.38 Å². The molecule has 2 aromatic heterocycles. The molecule has 0 saturated heterocycles. The molecular formula is C22H25N3O5S. The number of thiazole rings is 1. The van der Waals surface area contributed by atoms with Gasteiger partial charge in [0.05, 0.1) is 37.6 Å². The van der Waals surface area contributed by atoms with Crippen LogP contribution in [-0.2, 0) is 11.2 Å². The van der Waals surface area contributed by atoms with E-state index >= 15 is 0 Å². The zero-order valence-electron chi connectivity index (χ0n) is 17.8. The molecular weight excluding hydrogens is 418 g/mol. The maximum atomic E-state index is 12.5. The van der Waals surface area contributed by atoms with Gasteiger partial charge in [0.25, 0.3) is 5.91 Å². The molecule has 3 rings (SSSR count). The first-order valence-electron chi connectivity index (χ1n) is 9.79. The average Bonchev–Trinajstić information content (AvgIpc) is 3.40. The number of carbonyl (C=O) groups excluding carboxylic acids is 2. The third kappa shape index (κ3) is 6.08. The monoisotopic (exact) mass is 443 g/mol. The zero-order chi connectivity index (χ0) is 22.4. The minimum Gasteiger partial charge on any atom is -0.493 e. The van der Waals surface area contributed by atoms with Gasteiger partial charge < -0.3 is 19.2 Å². The summed E-state index contributed by atoms with van der Waals surface area (Å²) in [5.74, 6) is 0.907. The Bertz CT molecular complexity index is 1030. The molecule has 2 heterocycles. The van der Waals surface area contributed by atoms with Gasteiger partial charge in [-0.2, -0.15) is 0 Å². The van der Waals surface area contributed by atoms with Gasteiger partial charge in [-0.25, -0.2) is 4.98 Å². The summed E-state index contributed by atoms with van der Waals surface area (Å²) < 4.78 is 16.2. The van der Waals surface area contributed by atoms with Crippen LogP contribution in [0.25, 0.3) is 0 Å². The quantitative estimate of drug-likeness (QED) is 0.514. The molecule has 31 heavy (non-hydrogen) atoms. The van der Waals surface area contributed by atoms with Crippen LogP contribution < -0.4 is 20.1 Å². The number of amides is 2. The van der Waals surface area contributed by atoms with Crippen LogP contribution in [0.1, 0.15) is 48.6 Å². The maximum absolute atomic E-state index is 12.5. The molecule has 2 N–H and O–H groups in total. The van der Waals surface area contributed by atoms with Crippen molar-refractivity contribution in [3.05, 3.63) is 59.0 Å². The van der Waals surface area contributed by atoms with Crippen molar-refractivity contribution in [2.75, 3.05) is 12.4 Å². The summed E-state index contributed by atoms with van der Waals surface area (Å²) in [6.45, 7) is 5.79. The average molecular weight is 444 g/mol. The first kappa shape index (κ1) is 22.4. The SMILES string of the molecule is COc1cc(C(C)NC(=O)Cc2csc(NC(=O)c3ccco3)n2)ccc1OC(C)C. The largest absolute Gasteiger partial charge is 0.493 e. The van der Waals surface area contributed by atoms with Gasteiger partial charge in [0.1, 0.15) is 0 Å². The molecule has 2 amide bonds. The number of methoxy groups -OCH3 is 1. The highest BCUT2D eigenvalue weighted by Gasteiger charge is 2.16. The number of hydrogen-bond donors (Lipinski definition) is 2. The lowest BCUT2D eigenvalue weighted by Gasteiger charge is -2.18. The van der Waals surface area contributed by atoms with Crippen LogP contribution in [-0.4, -0.2) is 30.0 Å². The highest BCUT2D eigenvalue weighted by molar-refractivity contribution is 7.14. The zero-order valence-corrected chi connectivity index (χ0v) is 18.6. The second kappa shape index (κ2) is 10.1. The van der Waals surface area contributed by atoms with E-state index in [-0.39, 0.29) is 36.1 Å². The van der Waals surface area contributed by atoms with Gasteiger partial charge in [-0.15, -0.1) is 11.3 Å². The van der Waals surface area contributed by atoms with Crippen molar-refractivity contribution >= 4 is 28.3 Å². The summed E-state index contributed by atoms with van der Waals surface area (Å²) in [6, 6.07) is 8.56. The van der Waals surface area contributed by atoms with Crippen LogP contribution in [0.2, 0.25) is 0 Å². The Balaban J connectivity index is 1.57. The molecule has 0 aliphatic heterocycles. The lowest BCUT2D eigenvalue weighted by molar-refractivity contribution is -0.121. The molecule has 0 aliphatic carbocycles. The van der Waals surface area contributed by atoms with E-state index in [4.69, 9.17) is 13.9 Å². The molecule has 164 valence electrons. The van der Waals surface area contributed by atoms with E-state index in [1.165, 1.54) is 17.6 Å². The highest BCUT2D eigenvalue weighted by Crippen LogP contribution is 2.31. The molecule has 3 aromatic rings. The Morgan fingerprint density at radius 3 is 2.68 bits per heavy atom. The van der Waals surface area contributed by atoms with Crippen LogP contribution >= 0.6 is 11.3 Å². The molecule has 0 spiro atoms. The van der Waals surface area contributed by atoms with Crippen LogP contribution in [0.4, 0.5) is 5.13 Å².